The van der Waals surface area contributed by atoms with Gasteiger partial charge in [-0.15, -0.1) is 5.11 Å². The molecule has 1 aromatic carbocycles. The number of non-ortho nitro benzene ring substituents is 1. The minimum Gasteiger partial charge on any atom is -0.510 e. The SMILES string of the molecule is O=C1CCC(O)=C1N=Nc1cccc([N+](=O)[O-])c1. The zero-order valence-corrected chi connectivity index (χ0v) is 9.24. The molecule has 18 heavy (non-hydrogen) atoms. The van der Waals surface area contributed by atoms with Crippen molar-refractivity contribution >= 4 is 17.2 Å². The van der Waals surface area contributed by atoms with Crippen LogP contribution in [-0.4, -0.2) is 15.8 Å². The molecule has 0 radical (unpaired) electrons. The molecule has 0 fully saturated rings. The second-order valence-corrected chi connectivity index (χ2v) is 3.70. The molecule has 7 nitrogen and oxygen atoms in total. The van der Waals surface area contributed by atoms with Gasteiger partial charge in [-0.3, -0.25) is 14.9 Å². The molecule has 92 valence electrons. The number of allylic oxidation sites excluding steroid dienone is 2. The first-order chi connectivity index (χ1) is 8.58. The van der Waals surface area contributed by atoms with Crippen LogP contribution < -0.4 is 0 Å². The van der Waals surface area contributed by atoms with Gasteiger partial charge in [-0.2, -0.15) is 5.11 Å². The Kier molecular flexibility index (Phi) is 3.13. The van der Waals surface area contributed by atoms with Gasteiger partial charge in [-0.25, -0.2) is 0 Å². The normalized spacial score (nSPS) is 15.7. The summed E-state index contributed by atoms with van der Waals surface area (Å²) in [5, 5.41) is 27.3. The molecular weight excluding hydrogens is 238 g/mol. The Hall–Kier alpha value is -2.57. The van der Waals surface area contributed by atoms with Crippen LogP contribution in [0.4, 0.5) is 11.4 Å². The lowest BCUT2D eigenvalue weighted by Crippen LogP contribution is -1.92. The number of carbonyl (C=O) groups is 1. The Morgan fingerprint density at radius 3 is 2.67 bits per heavy atom. The third-order valence-corrected chi connectivity index (χ3v) is 2.43. The van der Waals surface area contributed by atoms with Crippen molar-refractivity contribution in [3.05, 3.63) is 45.8 Å². The lowest BCUT2D eigenvalue weighted by atomic mass is 10.3. The quantitative estimate of drug-likeness (QED) is 0.503. The lowest BCUT2D eigenvalue weighted by molar-refractivity contribution is -0.384. The van der Waals surface area contributed by atoms with Crippen molar-refractivity contribution in [2.24, 2.45) is 10.2 Å². The van der Waals surface area contributed by atoms with Gasteiger partial charge < -0.3 is 5.11 Å². The van der Waals surface area contributed by atoms with Crippen LogP contribution in [0.2, 0.25) is 0 Å². The molecule has 0 aliphatic heterocycles. The molecule has 0 unspecified atom stereocenters. The molecule has 1 aliphatic rings. The Labute approximate surface area is 102 Å². The highest BCUT2D eigenvalue weighted by atomic mass is 16.6. The fourth-order valence-corrected chi connectivity index (χ4v) is 1.52. The van der Waals surface area contributed by atoms with Crippen molar-refractivity contribution in [2.75, 3.05) is 0 Å². The Bertz CT molecular complexity index is 577. The maximum absolute atomic E-state index is 11.3. The molecular formula is C11H9N3O4. The smallest absolute Gasteiger partial charge is 0.271 e. The minimum absolute atomic E-state index is 0.0680. The number of benzene rings is 1. The average Bonchev–Trinajstić information content (AvgIpc) is 2.67. The summed E-state index contributed by atoms with van der Waals surface area (Å²) in [6, 6.07) is 5.56. The number of nitro groups is 1. The highest BCUT2D eigenvalue weighted by Gasteiger charge is 2.22. The largest absolute Gasteiger partial charge is 0.510 e. The predicted molar refractivity (Wildman–Crippen MR) is 61.5 cm³/mol. The summed E-state index contributed by atoms with van der Waals surface area (Å²) in [6.45, 7) is 0. The summed E-state index contributed by atoms with van der Waals surface area (Å²) in [5.41, 5.74) is 0.0770. The summed E-state index contributed by atoms with van der Waals surface area (Å²) >= 11 is 0. The number of hydrogen-bond acceptors (Lipinski definition) is 6. The van der Waals surface area contributed by atoms with Crippen LogP contribution in [0.25, 0.3) is 0 Å². The molecule has 0 amide bonds. The molecule has 0 aromatic heterocycles. The van der Waals surface area contributed by atoms with Crippen molar-refractivity contribution in [2.45, 2.75) is 12.8 Å². The molecule has 0 saturated heterocycles. The second-order valence-electron chi connectivity index (χ2n) is 3.70. The first-order valence-corrected chi connectivity index (χ1v) is 5.19. The highest BCUT2D eigenvalue weighted by Crippen LogP contribution is 2.25. The number of nitrogens with zero attached hydrogens (tertiary/aromatic N) is 3. The summed E-state index contributed by atoms with van der Waals surface area (Å²) in [5.74, 6) is -0.365. The minimum atomic E-state index is -0.545. The van der Waals surface area contributed by atoms with E-state index in [4.69, 9.17) is 0 Å². The number of Topliss-reactive ketones (excluding diaryl/α,β-unsaturated/α-hetero) is 1. The van der Waals surface area contributed by atoms with E-state index in [2.05, 4.69) is 10.2 Å². The fraction of sp³-hybridized carbons (Fsp3) is 0.182. The number of rotatable bonds is 3. The van der Waals surface area contributed by atoms with Crippen molar-refractivity contribution in [1.82, 2.24) is 0 Å². The van der Waals surface area contributed by atoms with Gasteiger partial charge in [-0.05, 0) is 6.07 Å². The number of carbonyl (C=O) groups excluding carboxylic acids is 1. The maximum atomic E-state index is 11.3. The van der Waals surface area contributed by atoms with Crippen molar-refractivity contribution in [1.29, 1.82) is 0 Å². The molecule has 0 saturated carbocycles. The second kappa shape index (κ2) is 4.74. The van der Waals surface area contributed by atoms with Gasteiger partial charge in [-0.1, -0.05) is 6.07 Å². The van der Waals surface area contributed by atoms with E-state index >= 15 is 0 Å². The monoisotopic (exact) mass is 247 g/mol. The van der Waals surface area contributed by atoms with E-state index in [1.165, 1.54) is 24.3 Å². The van der Waals surface area contributed by atoms with Gasteiger partial charge in [0.2, 0.25) is 0 Å². The van der Waals surface area contributed by atoms with Gasteiger partial charge in [0.05, 0.1) is 10.6 Å². The molecule has 0 heterocycles. The van der Waals surface area contributed by atoms with Gasteiger partial charge >= 0.3 is 0 Å². The number of aliphatic hydroxyl groups is 1. The molecule has 0 atom stereocenters. The van der Waals surface area contributed by atoms with Crippen LogP contribution in [0.5, 0.6) is 0 Å². The number of nitro benzene ring substituents is 1. The number of hydrogen-bond donors (Lipinski definition) is 1. The van der Waals surface area contributed by atoms with Gasteiger partial charge in [0.1, 0.15) is 5.76 Å². The summed E-state index contributed by atoms with van der Waals surface area (Å²) < 4.78 is 0. The number of azo groups is 1. The van der Waals surface area contributed by atoms with Crippen LogP contribution in [0.1, 0.15) is 12.8 Å². The molecule has 1 aliphatic carbocycles. The van der Waals surface area contributed by atoms with Crippen LogP contribution >= 0.6 is 0 Å². The Balaban J connectivity index is 2.24. The zero-order chi connectivity index (χ0) is 13.1. The topological polar surface area (TPSA) is 105 Å². The predicted octanol–water partition coefficient (Wildman–Crippen LogP) is 2.81. The van der Waals surface area contributed by atoms with E-state index in [9.17, 15) is 20.0 Å². The number of ketones is 1. The van der Waals surface area contributed by atoms with Crippen molar-refractivity contribution in [3.8, 4) is 0 Å². The highest BCUT2D eigenvalue weighted by molar-refractivity contribution is 5.97. The summed E-state index contributed by atoms with van der Waals surface area (Å²) in [4.78, 5) is 21.3. The lowest BCUT2D eigenvalue weighted by Gasteiger charge is -1.94. The van der Waals surface area contributed by atoms with Crippen LogP contribution in [0, 0.1) is 10.1 Å². The van der Waals surface area contributed by atoms with Gasteiger partial charge in [0.15, 0.2) is 11.5 Å². The molecule has 7 heteroatoms. The molecule has 0 spiro atoms. The maximum Gasteiger partial charge on any atom is 0.271 e. The Morgan fingerprint density at radius 1 is 1.28 bits per heavy atom. The van der Waals surface area contributed by atoms with E-state index in [1.807, 2.05) is 0 Å². The standard InChI is InChI=1S/C11H9N3O4/c15-9-4-5-10(16)11(9)13-12-7-2-1-3-8(6-7)14(17)18/h1-3,6,15H,4-5H2. The first-order valence-electron chi connectivity index (χ1n) is 5.19. The summed E-state index contributed by atoms with van der Waals surface area (Å²) in [7, 11) is 0. The molecule has 1 N–H and O–H groups in total. The van der Waals surface area contributed by atoms with Crippen LogP contribution in [0.15, 0.2) is 46.0 Å². The van der Waals surface area contributed by atoms with Crippen LogP contribution in [-0.2, 0) is 4.79 Å². The van der Waals surface area contributed by atoms with E-state index in [1.54, 1.807) is 0 Å². The van der Waals surface area contributed by atoms with E-state index in [-0.39, 0.29) is 41.5 Å². The summed E-state index contributed by atoms with van der Waals surface area (Å²) in [6.07, 6.45) is 0.483. The van der Waals surface area contributed by atoms with E-state index in [0.717, 1.165) is 0 Å². The fourth-order valence-electron chi connectivity index (χ4n) is 1.52. The van der Waals surface area contributed by atoms with E-state index in [0.29, 0.717) is 0 Å². The zero-order valence-electron chi connectivity index (χ0n) is 9.24. The third-order valence-electron chi connectivity index (χ3n) is 2.43. The molecule has 2 rings (SSSR count). The third kappa shape index (κ3) is 2.40. The van der Waals surface area contributed by atoms with Crippen molar-refractivity contribution < 1.29 is 14.8 Å². The van der Waals surface area contributed by atoms with E-state index < -0.39 is 4.92 Å². The van der Waals surface area contributed by atoms with Gasteiger partial charge in [0.25, 0.3) is 5.69 Å². The van der Waals surface area contributed by atoms with Crippen molar-refractivity contribution in [3.63, 3.8) is 0 Å². The van der Waals surface area contributed by atoms with Crippen LogP contribution in [0.3, 0.4) is 0 Å². The van der Waals surface area contributed by atoms with Gasteiger partial charge in [0, 0.05) is 25.0 Å². The average molecular weight is 247 g/mol. The Morgan fingerprint density at radius 2 is 2.06 bits per heavy atom. The number of aliphatic hydroxyl groups excluding tert-OH is 1. The molecule has 0 bridgehead atoms. The molecule has 1 aromatic rings. The first kappa shape index (κ1) is 11.9.